The van der Waals surface area contributed by atoms with E-state index in [1.807, 2.05) is 0 Å². The van der Waals surface area contributed by atoms with E-state index < -0.39 is 46.5 Å². The van der Waals surface area contributed by atoms with Crippen molar-refractivity contribution in [3.05, 3.63) is 23.3 Å². The highest BCUT2D eigenvalue weighted by molar-refractivity contribution is 5.98. The zero-order valence-corrected chi connectivity index (χ0v) is 13.5. The molecular weight excluding hydrogens is 328 g/mol. The van der Waals surface area contributed by atoms with Crippen LogP contribution in [0.15, 0.2) is 23.3 Å². The number of allylic oxidation sites excluding steroid dienone is 2. The Balaban J connectivity index is 1.55. The topological polar surface area (TPSA) is 118 Å². The van der Waals surface area contributed by atoms with E-state index in [0.29, 0.717) is 36.8 Å². The van der Waals surface area contributed by atoms with E-state index in [0.717, 1.165) is 0 Å². The van der Waals surface area contributed by atoms with Crippen molar-refractivity contribution in [2.24, 2.45) is 22.7 Å². The van der Waals surface area contributed by atoms with E-state index in [2.05, 4.69) is 0 Å². The number of carboxylic acid groups (broad SMARTS) is 2. The molecule has 0 amide bonds. The molecule has 0 saturated heterocycles. The monoisotopic (exact) mass is 346 g/mol. The van der Waals surface area contributed by atoms with E-state index in [1.54, 1.807) is 12.2 Å². The minimum absolute atomic E-state index is 0.263. The van der Waals surface area contributed by atoms with Gasteiger partial charge in [0.05, 0.1) is 22.7 Å². The number of fused-ring (bicyclic) bond motifs is 4. The molecule has 25 heavy (non-hydrogen) atoms. The predicted octanol–water partition coefficient (Wildman–Crippen LogP) is 1.68. The maximum Gasteiger partial charge on any atom is 0.321 e. The van der Waals surface area contributed by atoms with Gasteiger partial charge in [0.2, 0.25) is 0 Å². The van der Waals surface area contributed by atoms with Gasteiger partial charge in [-0.05, 0) is 38.5 Å². The maximum absolute atomic E-state index is 12.6. The first-order valence-corrected chi connectivity index (χ1v) is 8.42. The van der Waals surface area contributed by atoms with Crippen LogP contribution in [0.1, 0.15) is 38.5 Å². The van der Waals surface area contributed by atoms with Crippen LogP contribution in [0.2, 0.25) is 0 Å². The second-order valence-corrected chi connectivity index (χ2v) is 7.50. The largest absolute Gasteiger partial charge is 0.481 e. The smallest absolute Gasteiger partial charge is 0.321 e. The zero-order valence-electron chi connectivity index (χ0n) is 13.5. The molecule has 4 aliphatic carbocycles. The number of hydrogen-bond donors (Lipinski definition) is 2. The van der Waals surface area contributed by atoms with Crippen LogP contribution in [0.3, 0.4) is 0 Å². The Labute approximate surface area is 143 Å². The van der Waals surface area contributed by atoms with Gasteiger partial charge in [0.1, 0.15) is 0 Å². The first kappa shape index (κ1) is 16.1. The normalized spacial score (nSPS) is 37.6. The number of carbonyl (C=O) groups excluding carboxylic acids is 2. The van der Waals surface area contributed by atoms with Gasteiger partial charge in [-0.15, -0.1) is 0 Å². The second kappa shape index (κ2) is 5.03. The quantitative estimate of drug-likeness (QED) is 0.451. The number of carboxylic acids is 2. The van der Waals surface area contributed by atoms with E-state index in [4.69, 9.17) is 4.74 Å². The zero-order chi connectivity index (χ0) is 18.0. The summed E-state index contributed by atoms with van der Waals surface area (Å²) in [4.78, 5) is 48.5. The predicted molar refractivity (Wildman–Crippen MR) is 82.1 cm³/mol. The third-order valence-electron chi connectivity index (χ3n) is 6.55. The van der Waals surface area contributed by atoms with Gasteiger partial charge < -0.3 is 14.9 Å². The molecule has 4 bridgehead atoms. The van der Waals surface area contributed by atoms with Gasteiger partial charge in [0.25, 0.3) is 0 Å². The van der Waals surface area contributed by atoms with Gasteiger partial charge in [-0.25, -0.2) is 0 Å². The Morgan fingerprint density at radius 3 is 1.52 bits per heavy atom. The highest BCUT2D eigenvalue weighted by Crippen LogP contribution is 2.57. The van der Waals surface area contributed by atoms with Crippen molar-refractivity contribution in [3.8, 4) is 0 Å². The van der Waals surface area contributed by atoms with Crippen LogP contribution in [0, 0.1) is 22.7 Å². The lowest BCUT2D eigenvalue weighted by Gasteiger charge is -2.27. The molecule has 0 aromatic heterocycles. The fourth-order valence-electron chi connectivity index (χ4n) is 5.13. The third kappa shape index (κ3) is 1.92. The highest BCUT2D eigenvalue weighted by atomic mass is 16.6. The standard InChI is InChI=1S/C18H18O7/c19-13(11-9-1-5-17(11,6-2-9)15(21)22)25-14(20)12-10-3-7-18(12,8-4-10)16(23)24/h1,3,11-12H,2,4-8H2,(H,21,22)(H,23,24). The van der Waals surface area contributed by atoms with Crippen LogP contribution in [0.4, 0.5) is 0 Å². The molecule has 4 atom stereocenters. The summed E-state index contributed by atoms with van der Waals surface area (Å²) < 4.78 is 5.04. The summed E-state index contributed by atoms with van der Waals surface area (Å²) in [5, 5.41) is 19.1. The molecule has 4 unspecified atom stereocenters. The number of esters is 2. The Morgan fingerprint density at radius 1 is 0.840 bits per heavy atom. The van der Waals surface area contributed by atoms with Crippen LogP contribution in [0.25, 0.3) is 0 Å². The number of carbonyl (C=O) groups is 4. The molecule has 2 saturated carbocycles. The van der Waals surface area contributed by atoms with Gasteiger partial charge in [-0.3, -0.25) is 19.2 Å². The average molecular weight is 346 g/mol. The van der Waals surface area contributed by atoms with Crippen molar-refractivity contribution < 1.29 is 34.1 Å². The summed E-state index contributed by atoms with van der Waals surface area (Å²) in [5.74, 6) is -5.72. The molecule has 2 N–H and O–H groups in total. The van der Waals surface area contributed by atoms with Crippen LogP contribution in [0.5, 0.6) is 0 Å². The van der Waals surface area contributed by atoms with Crippen molar-refractivity contribution >= 4 is 23.9 Å². The fraction of sp³-hybridized carbons (Fsp3) is 0.556. The minimum Gasteiger partial charge on any atom is -0.481 e. The van der Waals surface area contributed by atoms with E-state index >= 15 is 0 Å². The first-order valence-electron chi connectivity index (χ1n) is 8.42. The average Bonchev–Trinajstić information content (AvgIpc) is 3.31. The van der Waals surface area contributed by atoms with Gasteiger partial charge >= 0.3 is 23.9 Å². The number of aliphatic carboxylic acids is 2. The van der Waals surface area contributed by atoms with Crippen molar-refractivity contribution in [2.75, 3.05) is 0 Å². The lowest BCUT2D eigenvalue weighted by atomic mass is 9.77. The van der Waals surface area contributed by atoms with Crippen molar-refractivity contribution in [3.63, 3.8) is 0 Å². The summed E-state index contributed by atoms with van der Waals surface area (Å²) in [6.07, 6.45) is 5.75. The molecule has 4 rings (SSSR count). The van der Waals surface area contributed by atoms with Crippen molar-refractivity contribution in [2.45, 2.75) is 38.5 Å². The van der Waals surface area contributed by atoms with Crippen molar-refractivity contribution in [1.29, 1.82) is 0 Å². The molecule has 7 nitrogen and oxygen atoms in total. The lowest BCUT2D eigenvalue weighted by molar-refractivity contribution is -0.174. The molecule has 132 valence electrons. The van der Waals surface area contributed by atoms with Crippen LogP contribution in [-0.2, 0) is 23.9 Å². The Morgan fingerprint density at radius 2 is 1.24 bits per heavy atom. The SMILES string of the molecule is O=C(OC(=O)C1C2=CCC1(C(=O)O)CC2)C1C2=CCC1(C(=O)O)CC2. The summed E-state index contributed by atoms with van der Waals surface area (Å²) in [6, 6.07) is 0. The third-order valence-corrected chi connectivity index (χ3v) is 6.55. The van der Waals surface area contributed by atoms with E-state index in [-0.39, 0.29) is 12.8 Å². The van der Waals surface area contributed by atoms with E-state index in [1.165, 1.54) is 0 Å². The highest BCUT2D eigenvalue weighted by Gasteiger charge is 2.61. The van der Waals surface area contributed by atoms with Gasteiger partial charge in [0.15, 0.2) is 0 Å². The first-order chi connectivity index (χ1) is 11.8. The lowest BCUT2D eigenvalue weighted by Crippen LogP contribution is -2.41. The van der Waals surface area contributed by atoms with Crippen LogP contribution in [-0.4, -0.2) is 34.1 Å². The molecule has 2 fully saturated rings. The summed E-state index contributed by atoms with van der Waals surface area (Å²) in [7, 11) is 0. The summed E-state index contributed by atoms with van der Waals surface area (Å²) in [5.41, 5.74) is -1.01. The number of ether oxygens (including phenoxy) is 1. The number of rotatable bonds is 4. The van der Waals surface area contributed by atoms with Crippen LogP contribution < -0.4 is 0 Å². The molecule has 7 heteroatoms. The van der Waals surface area contributed by atoms with E-state index in [9.17, 15) is 29.4 Å². The van der Waals surface area contributed by atoms with Crippen molar-refractivity contribution in [1.82, 2.24) is 0 Å². The van der Waals surface area contributed by atoms with Gasteiger partial charge in [0, 0.05) is 0 Å². The molecular formula is C18H18O7. The Bertz CT molecular complexity index is 712. The molecule has 0 spiro atoms. The minimum atomic E-state index is -1.22. The molecule has 0 radical (unpaired) electrons. The molecule has 0 aromatic carbocycles. The fourth-order valence-corrected chi connectivity index (χ4v) is 5.13. The molecule has 0 heterocycles. The van der Waals surface area contributed by atoms with Gasteiger partial charge in [-0.2, -0.15) is 0 Å². The molecule has 0 aromatic rings. The second-order valence-electron chi connectivity index (χ2n) is 7.50. The number of hydrogen-bond acceptors (Lipinski definition) is 5. The molecule has 4 aliphatic rings. The van der Waals surface area contributed by atoms with Gasteiger partial charge in [-0.1, -0.05) is 23.3 Å². The Hall–Kier alpha value is -2.44. The summed E-state index contributed by atoms with van der Waals surface area (Å²) in [6.45, 7) is 0. The summed E-state index contributed by atoms with van der Waals surface area (Å²) >= 11 is 0. The molecule has 0 aliphatic heterocycles. The van der Waals surface area contributed by atoms with Crippen LogP contribution >= 0.6 is 0 Å². The Kier molecular flexibility index (Phi) is 3.23. The maximum atomic E-state index is 12.6.